The topological polar surface area (TPSA) is 12.0 Å². The monoisotopic (exact) mass is 291 g/mol. The quantitative estimate of drug-likeness (QED) is 0.873. The van der Waals surface area contributed by atoms with Gasteiger partial charge in [-0.3, -0.25) is 0 Å². The van der Waals surface area contributed by atoms with Crippen LogP contribution in [0.15, 0.2) is 60.7 Å². The molecule has 2 atom stereocenters. The molecule has 0 bridgehead atoms. The van der Waals surface area contributed by atoms with E-state index in [2.05, 4.69) is 5.32 Å². The number of rotatable bonds is 2. The highest BCUT2D eigenvalue weighted by Crippen LogP contribution is 2.49. The van der Waals surface area contributed by atoms with E-state index in [4.69, 9.17) is 0 Å². The van der Waals surface area contributed by atoms with Crippen molar-refractivity contribution in [2.24, 2.45) is 0 Å². The van der Waals surface area contributed by atoms with Crippen LogP contribution in [0, 0.1) is 0 Å². The molecule has 1 saturated heterocycles. The van der Waals surface area contributed by atoms with Gasteiger partial charge in [0.1, 0.15) is 5.41 Å². The van der Waals surface area contributed by atoms with Crippen molar-refractivity contribution in [1.29, 1.82) is 0 Å². The summed E-state index contributed by atoms with van der Waals surface area (Å²) in [6.07, 6.45) is -4.24. The molecule has 2 aromatic rings. The Morgan fingerprint density at radius 1 is 0.905 bits per heavy atom. The Bertz CT molecular complexity index is 594. The first-order valence-electron chi connectivity index (χ1n) is 6.93. The second-order valence-electron chi connectivity index (χ2n) is 5.49. The van der Waals surface area contributed by atoms with Crippen LogP contribution in [-0.2, 0) is 5.41 Å². The molecule has 1 N–H and O–H groups in total. The fourth-order valence-corrected chi connectivity index (χ4v) is 3.07. The van der Waals surface area contributed by atoms with Gasteiger partial charge in [0, 0.05) is 12.6 Å². The minimum Gasteiger partial charge on any atom is -0.309 e. The van der Waals surface area contributed by atoms with Crippen molar-refractivity contribution < 1.29 is 13.2 Å². The highest BCUT2D eigenvalue weighted by atomic mass is 19.4. The van der Waals surface area contributed by atoms with E-state index in [9.17, 15) is 13.2 Å². The van der Waals surface area contributed by atoms with Gasteiger partial charge in [-0.25, -0.2) is 0 Å². The van der Waals surface area contributed by atoms with Crippen LogP contribution in [0.2, 0.25) is 0 Å². The van der Waals surface area contributed by atoms with Crippen molar-refractivity contribution in [2.45, 2.75) is 24.1 Å². The van der Waals surface area contributed by atoms with Gasteiger partial charge in [-0.05, 0) is 17.5 Å². The summed E-state index contributed by atoms with van der Waals surface area (Å²) in [5.41, 5.74) is -0.572. The van der Waals surface area contributed by atoms with Gasteiger partial charge in [0.25, 0.3) is 0 Å². The summed E-state index contributed by atoms with van der Waals surface area (Å²) in [7, 11) is 0. The highest BCUT2D eigenvalue weighted by Gasteiger charge is 2.59. The van der Waals surface area contributed by atoms with Crippen LogP contribution >= 0.6 is 0 Å². The van der Waals surface area contributed by atoms with Crippen LogP contribution in [0.4, 0.5) is 13.2 Å². The maximum atomic E-state index is 13.8. The minimum absolute atomic E-state index is 0.0323. The fourth-order valence-electron chi connectivity index (χ4n) is 3.07. The van der Waals surface area contributed by atoms with E-state index in [0.717, 1.165) is 5.56 Å². The molecule has 21 heavy (non-hydrogen) atoms. The maximum Gasteiger partial charge on any atom is 0.399 e. The number of hydrogen-bond acceptors (Lipinski definition) is 1. The average molecular weight is 291 g/mol. The van der Waals surface area contributed by atoms with E-state index < -0.39 is 11.6 Å². The highest BCUT2D eigenvalue weighted by molar-refractivity contribution is 5.33. The third kappa shape index (κ3) is 2.44. The second kappa shape index (κ2) is 5.19. The van der Waals surface area contributed by atoms with E-state index in [1.165, 1.54) is 0 Å². The minimum atomic E-state index is -4.27. The van der Waals surface area contributed by atoms with Crippen LogP contribution < -0.4 is 5.32 Å². The Balaban J connectivity index is 1.98. The molecule has 0 saturated carbocycles. The molecule has 4 heteroatoms. The van der Waals surface area contributed by atoms with Gasteiger partial charge in [-0.1, -0.05) is 60.7 Å². The molecule has 0 spiro atoms. The van der Waals surface area contributed by atoms with E-state index in [0.29, 0.717) is 5.56 Å². The van der Waals surface area contributed by atoms with Crippen LogP contribution in [0.3, 0.4) is 0 Å². The van der Waals surface area contributed by atoms with E-state index in [1.807, 2.05) is 30.3 Å². The molecule has 1 heterocycles. The maximum absolute atomic E-state index is 13.8. The van der Waals surface area contributed by atoms with E-state index in [1.54, 1.807) is 30.3 Å². The molecule has 0 radical (unpaired) electrons. The fraction of sp³-hybridized carbons (Fsp3) is 0.294. The first kappa shape index (κ1) is 14.1. The zero-order chi connectivity index (χ0) is 14.9. The van der Waals surface area contributed by atoms with Gasteiger partial charge in [0.2, 0.25) is 0 Å². The second-order valence-corrected chi connectivity index (χ2v) is 5.49. The number of benzene rings is 2. The average Bonchev–Trinajstić information content (AvgIpc) is 2.95. The van der Waals surface area contributed by atoms with Gasteiger partial charge in [-0.2, -0.15) is 13.2 Å². The zero-order valence-corrected chi connectivity index (χ0v) is 11.4. The summed E-state index contributed by atoms with van der Waals surface area (Å²) in [6.45, 7) is -0.0833. The van der Waals surface area contributed by atoms with Crippen molar-refractivity contribution >= 4 is 0 Å². The lowest BCUT2D eigenvalue weighted by molar-refractivity contribution is -0.185. The third-order valence-electron chi connectivity index (χ3n) is 4.27. The molecule has 2 aromatic carbocycles. The van der Waals surface area contributed by atoms with Crippen LogP contribution in [-0.4, -0.2) is 12.7 Å². The summed E-state index contributed by atoms with van der Waals surface area (Å²) >= 11 is 0. The summed E-state index contributed by atoms with van der Waals surface area (Å²) in [5.74, 6) is 0. The molecule has 110 valence electrons. The molecule has 3 rings (SSSR count). The molecular weight excluding hydrogens is 275 g/mol. The van der Waals surface area contributed by atoms with Gasteiger partial charge in [0.05, 0.1) is 0 Å². The summed E-state index contributed by atoms with van der Waals surface area (Å²) in [6, 6.07) is 17.3. The summed E-state index contributed by atoms with van der Waals surface area (Å²) in [5, 5.41) is 3.05. The summed E-state index contributed by atoms with van der Waals surface area (Å²) < 4.78 is 41.3. The van der Waals surface area contributed by atoms with Crippen molar-refractivity contribution in [3.8, 4) is 0 Å². The van der Waals surface area contributed by atoms with Crippen LogP contribution in [0.5, 0.6) is 0 Å². The predicted molar refractivity (Wildman–Crippen MR) is 76.0 cm³/mol. The lowest BCUT2D eigenvalue weighted by Gasteiger charge is -2.31. The molecule has 1 fully saturated rings. The number of nitrogens with one attached hydrogen (secondary N) is 1. The first-order valence-corrected chi connectivity index (χ1v) is 6.93. The number of halogens is 3. The molecule has 0 unspecified atom stereocenters. The Kier molecular flexibility index (Phi) is 3.49. The van der Waals surface area contributed by atoms with Crippen molar-refractivity contribution in [1.82, 2.24) is 5.32 Å². The van der Waals surface area contributed by atoms with Gasteiger partial charge in [-0.15, -0.1) is 0 Å². The molecule has 0 aromatic heterocycles. The summed E-state index contributed by atoms with van der Waals surface area (Å²) in [4.78, 5) is 0. The Hall–Kier alpha value is -1.81. The SMILES string of the molecule is FC(F)(F)[C@]1(c2ccccc2)CN[C@H](c2ccccc2)C1. The molecule has 0 aliphatic carbocycles. The van der Waals surface area contributed by atoms with Crippen LogP contribution in [0.25, 0.3) is 0 Å². The van der Waals surface area contributed by atoms with Gasteiger partial charge in [0.15, 0.2) is 0 Å². The normalized spacial score (nSPS) is 26.0. The van der Waals surface area contributed by atoms with Gasteiger partial charge < -0.3 is 5.32 Å². The first-order chi connectivity index (χ1) is 10.0. The van der Waals surface area contributed by atoms with Crippen molar-refractivity contribution in [3.05, 3.63) is 71.8 Å². The Morgan fingerprint density at radius 2 is 1.48 bits per heavy atom. The Morgan fingerprint density at radius 3 is 2.05 bits per heavy atom. The lowest BCUT2D eigenvalue weighted by atomic mass is 9.77. The lowest BCUT2D eigenvalue weighted by Crippen LogP contribution is -2.44. The third-order valence-corrected chi connectivity index (χ3v) is 4.27. The van der Waals surface area contributed by atoms with Crippen LogP contribution in [0.1, 0.15) is 23.6 Å². The van der Waals surface area contributed by atoms with Gasteiger partial charge >= 0.3 is 6.18 Å². The van der Waals surface area contributed by atoms with E-state index in [-0.39, 0.29) is 19.0 Å². The number of hydrogen-bond donors (Lipinski definition) is 1. The largest absolute Gasteiger partial charge is 0.399 e. The number of alkyl halides is 3. The van der Waals surface area contributed by atoms with E-state index >= 15 is 0 Å². The molecular formula is C17H16F3N. The molecule has 1 aliphatic rings. The molecule has 1 nitrogen and oxygen atoms in total. The zero-order valence-electron chi connectivity index (χ0n) is 11.4. The van der Waals surface area contributed by atoms with Crippen molar-refractivity contribution in [2.75, 3.05) is 6.54 Å². The predicted octanol–water partition coefficient (Wildman–Crippen LogP) is 4.22. The molecule has 0 amide bonds. The standard InChI is InChI=1S/C17H16F3N/c18-17(19,20)16(14-9-5-2-6-10-14)11-15(21-12-16)13-7-3-1-4-8-13/h1-10,15,21H,11-12H2/t15-,16-/m0/s1. The smallest absolute Gasteiger partial charge is 0.309 e. The molecule has 1 aliphatic heterocycles. The Labute approximate surface area is 121 Å². The van der Waals surface area contributed by atoms with Crippen molar-refractivity contribution in [3.63, 3.8) is 0 Å².